The Morgan fingerprint density at radius 2 is 1.77 bits per heavy atom. The molecule has 1 fully saturated rings. The number of nitrogens with two attached hydrogens (primary N) is 1. The number of carbonyl (C=O) groups excluding carboxylic acids is 1. The lowest BCUT2D eigenvalue weighted by molar-refractivity contribution is -0.137. The van der Waals surface area contributed by atoms with Crippen LogP contribution in [0.3, 0.4) is 0 Å². The van der Waals surface area contributed by atoms with Crippen LogP contribution in [0.2, 0.25) is 0 Å². The van der Waals surface area contributed by atoms with Crippen LogP contribution in [0.1, 0.15) is 45.6 Å². The van der Waals surface area contributed by atoms with E-state index in [2.05, 4.69) is 4.90 Å². The molecule has 1 heterocycles. The van der Waals surface area contributed by atoms with Crippen LogP contribution < -0.4 is 20.1 Å². The van der Waals surface area contributed by atoms with Crippen molar-refractivity contribution in [1.29, 1.82) is 10.8 Å². The summed E-state index contributed by atoms with van der Waals surface area (Å²) >= 11 is 0. The molecule has 0 radical (unpaired) electrons. The molecule has 35 heavy (non-hydrogen) atoms. The van der Waals surface area contributed by atoms with Gasteiger partial charge in [-0.15, -0.1) is 0 Å². The molecular formula is C27H37N5O3. The molecule has 0 aromatic heterocycles. The van der Waals surface area contributed by atoms with E-state index in [1.54, 1.807) is 18.2 Å². The van der Waals surface area contributed by atoms with E-state index in [0.717, 1.165) is 43.8 Å². The topological polar surface area (TPSA) is 116 Å². The number of nitrogens with one attached hydrogen (secondary N) is 2. The van der Waals surface area contributed by atoms with Crippen LogP contribution >= 0.6 is 0 Å². The first-order valence-electron chi connectivity index (χ1n) is 12.1. The van der Waals surface area contributed by atoms with Crippen molar-refractivity contribution in [2.45, 2.75) is 52.2 Å². The zero-order chi connectivity index (χ0) is 25.5. The fourth-order valence-electron chi connectivity index (χ4n) is 4.31. The van der Waals surface area contributed by atoms with Gasteiger partial charge in [0, 0.05) is 44.2 Å². The molecule has 0 amide bonds. The van der Waals surface area contributed by atoms with Crippen LogP contribution in [0.15, 0.2) is 48.5 Å². The highest BCUT2D eigenvalue weighted by Crippen LogP contribution is 2.26. The highest BCUT2D eigenvalue weighted by molar-refractivity contribution is 5.96. The number of amidine groups is 2. The van der Waals surface area contributed by atoms with E-state index >= 15 is 0 Å². The fourth-order valence-corrected chi connectivity index (χ4v) is 4.31. The third kappa shape index (κ3) is 6.74. The van der Waals surface area contributed by atoms with Gasteiger partial charge < -0.3 is 25.0 Å². The number of benzene rings is 2. The van der Waals surface area contributed by atoms with E-state index in [4.69, 9.17) is 26.0 Å². The predicted octanol–water partition coefficient (Wildman–Crippen LogP) is 4.27. The molecular weight excluding hydrogens is 442 g/mol. The number of carbonyl (C=O) groups is 1. The molecule has 1 aliphatic heterocycles. The van der Waals surface area contributed by atoms with E-state index in [1.165, 1.54) is 0 Å². The van der Waals surface area contributed by atoms with Crippen LogP contribution in [0, 0.1) is 16.7 Å². The van der Waals surface area contributed by atoms with Gasteiger partial charge in [0.1, 0.15) is 29.5 Å². The van der Waals surface area contributed by atoms with Crippen molar-refractivity contribution in [3.63, 3.8) is 0 Å². The highest BCUT2D eigenvalue weighted by atomic mass is 16.5. The average Bonchev–Trinajstić information content (AvgIpc) is 2.85. The van der Waals surface area contributed by atoms with Gasteiger partial charge in [0.2, 0.25) is 0 Å². The molecule has 0 bridgehead atoms. The van der Waals surface area contributed by atoms with Gasteiger partial charge in [-0.05, 0) is 49.2 Å². The number of piperidine rings is 1. The van der Waals surface area contributed by atoms with Gasteiger partial charge in [-0.25, -0.2) is 4.79 Å². The highest BCUT2D eigenvalue weighted by Gasteiger charge is 2.31. The maximum absolute atomic E-state index is 13.3. The standard InChI is InChI=1S/C27H37N5O3/c1-5-18(2)25(31(4)21-8-6-7-20(17-21)26(29)30)27(33)35-23-11-9-22(10-12-23)34-24-13-15-32(16-14-24)19(3)28/h6-12,17-18,24-25,28H,5,13-16H2,1-4H3,(H3,29,30)/t18?,25-/m0/s1. The first kappa shape index (κ1) is 26.1. The number of nitrogens with zero attached hydrogens (tertiary/aromatic N) is 2. The maximum Gasteiger partial charge on any atom is 0.334 e. The van der Waals surface area contributed by atoms with Crippen molar-refractivity contribution in [3.05, 3.63) is 54.1 Å². The van der Waals surface area contributed by atoms with E-state index < -0.39 is 6.04 Å². The second-order valence-electron chi connectivity index (χ2n) is 9.19. The number of anilines is 1. The zero-order valence-corrected chi connectivity index (χ0v) is 21.1. The third-order valence-corrected chi connectivity index (χ3v) is 6.67. The number of esters is 1. The molecule has 188 valence electrons. The quantitative estimate of drug-likeness (QED) is 0.214. The number of likely N-dealkylation sites (N-methyl/N-ethyl adjacent to an activating group) is 1. The summed E-state index contributed by atoms with van der Waals surface area (Å²) < 4.78 is 11.9. The van der Waals surface area contributed by atoms with Crippen molar-refractivity contribution in [2.24, 2.45) is 11.7 Å². The van der Waals surface area contributed by atoms with Crippen molar-refractivity contribution in [2.75, 3.05) is 25.0 Å². The van der Waals surface area contributed by atoms with Crippen LogP contribution in [0.5, 0.6) is 11.5 Å². The molecule has 3 rings (SSSR count). The number of hydrogen-bond acceptors (Lipinski definition) is 6. The Balaban J connectivity index is 1.65. The summed E-state index contributed by atoms with van der Waals surface area (Å²) in [6.07, 6.45) is 2.68. The molecule has 2 atom stereocenters. The fraction of sp³-hybridized carbons (Fsp3) is 0.444. The molecule has 0 spiro atoms. The number of ether oxygens (including phenoxy) is 2. The minimum Gasteiger partial charge on any atom is -0.490 e. The summed E-state index contributed by atoms with van der Waals surface area (Å²) in [5, 5.41) is 15.5. The van der Waals surface area contributed by atoms with Gasteiger partial charge >= 0.3 is 5.97 Å². The minimum absolute atomic E-state index is 0.0133. The number of hydrogen-bond donors (Lipinski definition) is 3. The molecule has 1 aliphatic rings. The Morgan fingerprint density at radius 1 is 1.14 bits per heavy atom. The second-order valence-corrected chi connectivity index (χ2v) is 9.19. The lowest BCUT2D eigenvalue weighted by Crippen LogP contribution is -2.45. The first-order chi connectivity index (χ1) is 16.7. The van der Waals surface area contributed by atoms with Crippen molar-refractivity contribution in [1.82, 2.24) is 4.90 Å². The van der Waals surface area contributed by atoms with Crippen LogP contribution in [-0.2, 0) is 4.79 Å². The van der Waals surface area contributed by atoms with Gasteiger partial charge in [-0.3, -0.25) is 10.8 Å². The summed E-state index contributed by atoms with van der Waals surface area (Å²) in [7, 11) is 1.86. The Labute approximate surface area is 208 Å². The van der Waals surface area contributed by atoms with Crippen LogP contribution in [0.4, 0.5) is 5.69 Å². The van der Waals surface area contributed by atoms with E-state index in [1.807, 2.05) is 63.1 Å². The van der Waals surface area contributed by atoms with Gasteiger partial charge in [0.25, 0.3) is 0 Å². The normalized spacial score (nSPS) is 15.7. The average molecular weight is 480 g/mol. The first-order valence-corrected chi connectivity index (χ1v) is 12.1. The molecule has 0 aliphatic carbocycles. The smallest absolute Gasteiger partial charge is 0.334 e. The van der Waals surface area contributed by atoms with Gasteiger partial charge in [0.05, 0.1) is 5.84 Å². The lowest BCUT2D eigenvalue weighted by atomic mass is 9.97. The van der Waals surface area contributed by atoms with Crippen LogP contribution in [0.25, 0.3) is 0 Å². The third-order valence-electron chi connectivity index (χ3n) is 6.67. The molecule has 1 saturated heterocycles. The Hall–Kier alpha value is -3.55. The predicted molar refractivity (Wildman–Crippen MR) is 140 cm³/mol. The zero-order valence-electron chi connectivity index (χ0n) is 21.1. The molecule has 0 saturated carbocycles. The summed E-state index contributed by atoms with van der Waals surface area (Å²) in [4.78, 5) is 17.2. The molecule has 8 nitrogen and oxygen atoms in total. The largest absolute Gasteiger partial charge is 0.490 e. The molecule has 1 unspecified atom stereocenters. The van der Waals surface area contributed by atoms with Gasteiger partial charge in [0.15, 0.2) is 0 Å². The van der Waals surface area contributed by atoms with Crippen molar-refractivity contribution in [3.8, 4) is 11.5 Å². The number of rotatable bonds is 9. The number of likely N-dealkylation sites (tertiary alicyclic amines) is 1. The molecule has 2 aromatic carbocycles. The van der Waals surface area contributed by atoms with Crippen molar-refractivity contribution >= 4 is 23.3 Å². The van der Waals surface area contributed by atoms with Gasteiger partial charge in [-0.1, -0.05) is 32.4 Å². The van der Waals surface area contributed by atoms with E-state index in [-0.39, 0.29) is 23.8 Å². The Kier molecular flexibility index (Phi) is 8.73. The van der Waals surface area contributed by atoms with Crippen molar-refractivity contribution < 1.29 is 14.3 Å². The molecule has 8 heteroatoms. The SMILES string of the molecule is CCC(C)[C@@H](C(=O)Oc1ccc(OC2CCN(C(C)=N)CC2)cc1)N(C)c1cccc(C(=N)N)c1. The summed E-state index contributed by atoms with van der Waals surface area (Å²) in [6.45, 7) is 7.54. The minimum atomic E-state index is -0.499. The molecule has 4 N–H and O–H groups in total. The molecule has 2 aromatic rings. The summed E-state index contributed by atoms with van der Waals surface area (Å²) in [5.41, 5.74) is 7.06. The lowest BCUT2D eigenvalue weighted by Gasteiger charge is -2.33. The monoisotopic (exact) mass is 479 g/mol. The second kappa shape index (κ2) is 11.7. The van der Waals surface area contributed by atoms with Crippen LogP contribution in [-0.4, -0.2) is 54.8 Å². The number of nitrogen functional groups attached to an aromatic ring is 1. The Morgan fingerprint density at radius 3 is 2.34 bits per heavy atom. The van der Waals surface area contributed by atoms with E-state index in [9.17, 15) is 4.79 Å². The Bertz CT molecular complexity index is 1030. The summed E-state index contributed by atoms with van der Waals surface area (Å²) in [5.74, 6) is 1.51. The van der Waals surface area contributed by atoms with E-state index in [0.29, 0.717) is 17.1 Å². The maximum atomic E-state index is 13.3. The summed E-state index contributed by atoms with van der Waals surface area (Å²) in [6, 6.07) is 14.0. The van der Waals surface area contributed by atoms with Gasteiger partial charge in [-0.2, -0.15) is 0 Å².